The summed E-state index contributed by atoms with van der Waals surface area (Å²) in [5, 5.41) is 6.45. The molecule has 27 heavy (non-hydrogen) atoms. The van der Waals surface area contributed by atoms with Gasteiger partial charge in [-0.25, -0.2) is 0 Å². The first-order valence-electron chi connectivity index (χ1n) is 9.22. The highest BCUT2D eigenvalue weighted by atomic mass is 32.2. The predicted octanol–water partition coefficient (Wildman–Crippen LogP) is 4.75. The second-order valence-electron chi connectivity index (χ2n) is 6.92. The maximum Gasteiger partial charge on any atom is 0.416 e. The number of rotatable bonds is 4. The molecule has 2 heterocycles. The van der Waals surface area contributed by atoms with Gasteiger partial charge in [0.25, 0.3) is 0 Å². The fourth-order valence-corrected chi connectivity index (χ4v) is 4.66. The number of piperazine rings is 1. The maximum atomic E-state index is 13.6. The number of anilines is 2. The molecule has 0 atom stereocenters. The molecular formula is C20H22F3N3S. The largest absolute Gasteiger partial charge is 0.416 e. The highest BCUT2D eigenvalue weighted by Crippen LogP contribution is 2.47. The van der Waals surface area contributed by atoms with Gasteiger partial charge in [0.05, 0.1) is 16.9 Å². The zero-order chi connectivity index (χ0) is 18.9. The van der Waals surface area contributed by atoms with Crippen LogP contribution in [0.25, 0.3) is 0 Å². The molecule has 0 aromatic heterocycles. The van der Waals surface area contributed by atoms with Crippen LogP contribution in [0.1, 0.15) is 17.5 Å². The van der Waals surface area contributed by atoms with Crippen LogP contribution in [-0.2, 0) is 12.6 Å². The molecule has 1 fully saturated rings. The Hall–Kier alpha value is -1.70. The Labute approximate surface area is 161 Å². The zero-order valence-corrected chi connectivity index (χ0v) is 15.7. The summed E-state index contributed by atoms with van der Waals surface area (Å²) in [5.41, 5.74) is 1.27. The summed E-state index contributed by atoms with van der Waals surface area (Å²) >= 11 is 1.53. The van der Waals surface area contributed by atoms with E-state index < -0.39 is 11.7 Å². The van der Waals surface area contributed by atoms with Crippen molar-refractivity contribution in [3.05, 3.63) is 47.5 Å². The molecule has 2 aromatic rings. The fraction of sp³-hybridized carbons (Fsp3) is 0.400. The van der Waals surface area contributed by atoms with Crippen LogP contribution in [0, 0.1) is 0 Å². The van der Waals surface area contributed by atoms with Gasteiger partial charge in [-0.3, -0.25) is 0 Å². The van der Waals surface area contributed by atoms with E-state index in [4.69, 9.17) is 0 Å². The van der Waals surface area contributed by atoms with E-state index in [1.54, 1.807) is 6.07 Å². The number of hydrogen-bond acceptors (Lipinski definition) is 4. The van der Waals surface area contributed by atoms with Crippen LogP contribution in [0.15, 0.2) is 46.2 Å². The van der Waals surface area contributed by atoms with E-state index in [9.17, 15) is 13.2 Å². The average Bonchev–Trinajstić information content (AvgIpc) is 2.66. The number of halogens is 3. The van der Waals surface area contributed by atoms with E-state index in [-0.39, 0.29) is 0 Å². The number of nitrogens with one attached hydrogen (secondary N) is 2. The van der Waals surface area contributed by atoms with E-state index in [2.05, 4.69) is 15.5 Å². The second-order valence-corrected chi connectivity index (χ2v) is 8.01. The van der Waals surface area contributed by atoms with E-state index in [1.165, 1.54) is 17.8 Å². The van der Waals surface area contributed by atoms with Crippen molar-refractivity contribution in [1.82, 2.24) is 10.2 Å². The minimum Gasteiger partial charge on any atom is -0.354 e. The standard InChI is InChI=1S/C20H22F3N3S/c21-20(22,23)15-13-17-19(27-18-6-2-1-5-16(18)25-17)12-14(15)4-3-9-26-10-7-24-8-11-26/h1-2,5-6,12-13,24-25H,3-4,7-11H2. The first-order valence-corrected chi connectivity index (χ1v) is 10.0. The highest BCUT2D eigenvalue weighted by molar-refractivity contribution is 7.99. The highest BCUT2D eigenvalue weighted by Gasteiger charge is 2.35. The zero-order valence-electron chi connectivity index (χ0n) is 14.9. The molecule has 2 aliphatic heterocycles. The fourth-order valence-electron chi connectivity index (χ4n) is 3.63. The molecule has 2 aromatic carbocycles. The number of aryl methyl sites for hydroxylation is 1. The Morgan fingerprint density at radius 3 is 2.56 bits per heavy atom. The molecule has 3 nitrogen and oxygen atoms in total. The summed E-state index contributed by atoms with van der Waals surface area (Å²) in [7, 11) is 0. The van der Waals surface area contributed by atoms with Crippen molar-refractivity contribution in [3.63, 3.8) is 0 Å². The van der Waals surface area contributed by atoms with Crippen LogP contribution in [0.5, 0.6) is 0 Å². The quantitative estimate of drug-likeness (QED) is 0.669. The number of alkyl halides is 3. The van der Waals surface area contributed by atoms with Crippen molar-refractivity contribution in [3.8, 4) is 0 Å². The molecule has 0 unspecified atom stereocenters. The smallest absolute Gasteiger partial charge is 0.354 e. The summed E-state index contributed by atoms with van der Waals surface area (Å²) in [6, 6.07) is 10.7. The van der Waals surface area contributed by atoms with Crippen molar-refractivity contribution in [2.75, 3.05) is 38.0 Å². The minimum absolute atomic E-state index is 0.394. The van der Waals surface area contributed by atoms with E-state index in [0.29, 0.717) is 17.7 Å². The lowest BCUT2D eigenvalue weighted by Gasteiger charge is -2.27. The third kappa shape index (κ3) is 4.25. The van der Waals surface area contributed by atoms with Gasteiger partial charge < -0.3 is 15.5 Å². The summed E-state index contributed by atoms with van der Waals surface area (Å²) in [6.07, 6.45) is -3.17. The van der Waals surface area contributed by atoms with E-state index in [1.807, 2.05) is 24.3 Å². The number of nitrogens with zero attached hydrogens (tertiary/aromatic N) is 1. The normalized spacial score (nSPS) is 17.1. The lowest BCUT2D eigenvalue weighted by atomic mass is 10.0. The van der Waals surface area contributed by atoms with Crippen LogP contribution in [0.4, 0.5) is 24.5 Å². The maximum absolute atomic E-state index is 13.6. The first kappa shape index (κ1) is 18.7. The monoisotopic (exact) mass is 393 g/mol. The number of para-hydroxylation sites is 1. The molecule has 7 heteroatoms. The van der Waals surface area contributed by atoms with Crippen molar-refractivity contribution < 1.29 is 13.2 Å². The summed E-state index contributed by atoms with van der Waals surface area (Å²) in [4.78, 5) is 4.21. The second kappa shape index (κ2) is 7.73. The van der Waals surface area contributed by atoms with Crippen LogP contribution < -0.4 is 10.6 Å². The number of fused-ring (bicyclic) bond motifs is 2. The minimum atomic E-state index is -4.34. The Morgan fingerprint density at radius 2 is 1.78 bits per heavy atom. The third-order valence-corrected chi connectivity index (χ3v) is 6.15. The van der Waals surface area contributed by atoms with Crippen LogP contribution in [0.2, 0.25) is 0 Å². The number of benzene rings is 2. The van der Waals surface area contributed by atoms with Crippen LogP contribution >= 0.6 is 11.8 Å². The average molecular weight is 393 g/mol. The van der Waals surface area contributed by atoms with Gasteiger partial charge in [-0.05, 0) is 49.2 Å². The molecule has 2 N–H and O–H groups in total. The van der Waals surface area contributed by atoms with Gasteiger partial charge in [-0.2, -0.15) is 13.2 Å². The molecule has 0 amide bonds. The van der Waals surface area contributed by atoms with Gasteiger partial charge in [0.2, 0.25) is 0 Å². The van der Waals surface area contributed by atoms with Crippen molar-refractivity contribution >= 4 is 23.1 Å². The van der Waals surface area contributed by atoms with Crippen LogP contribution in [0.3, 0.4) is 0 Å². The molecule has 0 radical (unpaired) electrons. The Bertz CT molecular complexity index is 817. The molecule has 1 saturated heterocycles. The SMILES string of the molecule is FC(F)(F)c1cc2c(cc1CCCN1CCNCC1)Sc1ccccc1N2. The molecule has 144 valence electrons. The third-order valence-electron chi connectivity index (χ3n) is 5.02. The summed E-state index contributed by atoms with van der Waals surface area (Å²) in [6.45, 7) is 4.67. The Morgan fingerprint density at radius 1 is 1.00 bits per heavy atom. The molecule has 0 bridgehead atoms. The molecule has 0 saturated carbocycles. The lowest BCUT2D eigenvalue weighted by molar-refractivity contribution is -0.138. The van der Waals surface area contributed by atoms with Gasteiger partial charge in [0, 0.05) is 36.0 Å². The Kier molecular flexibility index (Phi) is 5.34. The molecule has 2 aliphatic rings. The van der Waals surface area contributed by atoms with Gasteiger partial charge in [-0.15, -0.1) is 0 Å². The molecule has 4 rings (SSSR count). The molecule has 0 aliphatic carbocycles. The van der Waals surface area contributed by atoms with Gasteiger partial charge in [-0.1, -0.05) is 23.9 Å². The van der Waals surface area contributed by atoms with Gasteiger partial charge >= 0.3 is 6.18 Å². The summed E-state index contributed by atoms with van der Waals surface area (Å²) in [5.74, 6) is 0. The number of hydrogen-bond donors (Lipinski definition) is 2. The van der Waals surface area contributed by atoms with Crippen molar-refractivity contribution in [2.45, 2.75) is 28.8 Å². The summed E-state index contributed by atoms with van der Waals surface area (Å²) < 4.78 is 40.9. The Balaban J connectivity index is 1.55. The molecule has 0 spiro atoms. The molecular weight excluding hydrogens is 371 g/mol. The lowest BCUT2D eigenvalue weighted by Crippen LogP contribution is -2.43. The van der Waals surface area contributed by atoms with Gasteiger partial charge in [0.15, 0.2) is 0 Å². The topological polar surface area (TPSA) is 27.3 Å². The van der Waals surface area contributed by atoms with Gasteiger partial charge in [0.1, 0.15) is 0 Å². The first-order chi connectivity index (χ1) is 13.0. The van der Waals surface area contributed by atoms with E-state index >= 15 is 0 Å². The predicted molar refractivity (Wildman–Crippen MR) is 103 cm³/mol. The van der Waals surface area contributed by atoms with Crippen molar-refractivity contribution in [2.24, 2.45) is 0 Å². The van der Waals surface area contributed by atoms with Crippen molar-refractivity contribution in [1.29, 1.82) is 0 Å². The van der Waals surface area contributed by atoms with E-state index in [0.717, 1.165) is 54.6 Å². The van der Waals surface area contributed by atoms with Crippen LogP contribution in [-0.4, -0.2) is 37.6 Å².